The van der Waals surface area contributed by atoms with E-state index >= 15 is 0 Å². The summed E-state index contributed by atoms with van der Waals surface area (Å²) in [4.78, 5) is 27.9. The van der Waals surface area contributed by atoms with Crippen LogP contribution in [0.5, 0.6) is 0 Å². The van der Waals surface area contributed by atoms with Crippen molar-refractivity contribution in [1.29, 1.82) is 0 Å². The van der Waals surface area contributed by atoms with Crippen LogP contribution in [0.1, 0.15) is 43.4 Å². The van der Waals surface area contributed by atoms with Gasteiger partial charge < -0.3 is 10.2 Å². The molecule has 3 aromatic carbocycles. The zero-order valence-electron chi connectivity index (χ0n) is 22.3. The molecule has 0 unspecified atom stereocenters. The minimum absolute atomic E-state index is 0.0858. The number of likely N-dealkylation sites (N-methyl/N-ethyl adjacent to an activating group) is 1. The Morgan fingerprint density at radius 3 is 2.00 bits per heavy atom. The van der Waals surface area contributed by atoms with Gasteiger partial charge in [0.1, 0.15) is 12.6 Å². The smallest absolute Gasteiger partial charge is 0.264 e. The van der Waals surface area contributed by atoms with Crippen molar-refractivity contribution in [2.75, 3.05) is 17.9 Å². The van der Waals surface area contributed by atoms with E-state index in [0.717, 1.165) is 25.5 Å². The van der Waals surface area contributed by atoms with Gasteiger partial charge in [-0.15, -0.1) is 0 Å². The Kier molecular flexibility index (Phi) is 9.73. The third kappa shape index (κ3) is 7.02. The van der Waals surface area contributed by atoms with E-state index in [-0.39, 0.29) is 23.3 Å². The van der Waals surface area contributed by atoms with E-state index in [1.54, 1.807) is 31.2 Å². The minimum Gasteiger partial charge on any atom is -0.357 e. The van der Waals surface area contributed by atoms with Crippen molar-refractivity contribution in [3.8, 4) is 0 Å². The van der Waals surface area contributed by atoms with Gasteiger partial charge in [-0.2, -0.15) is 0 Å². The van der Waals surface area contributed by atoms with E-state index in [1.807, 2.05) is 43.3 Å². The standard InChI is InChI=1S/C29H34BrN3O4S/c1-20(2)24-10-14-26(15-11-24)33(38(36,37)27-16-6-21(3)7-17-27)19-28(34)32(22(4)29(35)31-5)18-23-8-12-25(30)13-9-23/h6-17,20,22H,18-19H2,1-5H3,(H,31,35)/t22-/m0/s1. The number of nitrogens with one attached hydrogen (secondary N) is 1. The summed E-state index contributed by atoms with van der Waals surface area (Å²) < 4.78 is 29.7. The van der Waals surface area contributed by atoms with Gasteiger partial charge in [-0.3, -0.25) is 13.9 Å². The first-order chi connectivity index (χ1) is 17.9. The number of benzene rings is 3. The summed E-state index contributed by atoms with van der Waals surface area (Å²) in [6, 6.07) is 20.3. The zero-order chi connectivity index (χ0) is 28.0. The number of carbonyl (C=O) groups is 2. The highest BCUT2D eigenvalue weighted by Gasteiger charge is 2.32. The van der Waals surface area contributed by atoms with Crippen LogP contribution in [-0.2, 0) is 26.2 Å². The molecule has 0 aromatic heterocycles. The molecule has 0 heterocycles. The number of sulfonamides is 1. The monoisotopic (exact) mass is 599 g/mol. The van der Waals surface area contributed by atoms with Crippen LogP contribution in [0.25, 0.3) is 0 Å². The van der Waals surface area contributed by atoms with Gasteiger partial charge in [0.25, 0.3) is 10.0 Å². The zero-order valence-corrected chi connectivity index (χ0v) is 24.7. The fourth-order valence-corrected chi connectivity index (χ4v) is 5.65. The molecule has 7 nitrogen and oxygen atoms in total. The highest BCUT2D eigenvalue weighted by Crippen LogP contribution is 2.27. The molecule has 0 fully saturated rings. The quantitative estimate of drug-likeness (QED) is 0.345. The molecule has 0 aliphatic rings. The molecule has 0 spiro atoms. The Bertz CT molecular complexity index is 1360. The summed E-state index contributed by atoms with van der Waals surface area (Å²) in [5, 5.41) is 2.59. The lowest BCUT2D eigenvalue weighted by molar-refractivity contribution is -0.139. The molecule has 202 valence electrons. The van der Waals surface area contributed by atoms with Crippen molar-refractivity contribution in [3.63, 3.8) is 0 Å². The van der Waals surface area contributed by atoms with Crippen LogP contribution < -0.4 is 9.62 Å². The summed E-state index contributed by atoms with van der Waals surface area (Å²) >= 11 is 3.41. The molecule has 1 atom stereocenters. The molecule has 0 aliphatic carbocycles. The summed E-state index contributed by atoms with van der Waals surface area (Å²) in [7, 11) is -2.58. The fraction of sp³-hybridized carbons (Fsp3) is 0.310. The Balaban J connectivity index is 2.03. The number of rotatable bonds is 10. The number of anilines is 1. The van der Waals surface area contributed by atoms with E-state index in [4.69, 9.17) is 0 Å². The van der Waals surface area contributed by atoms with Crippen molar-refractivity contribution in [3.05, 3.63) is 94.0 Å². The lowest BCUT2D eigenvalue weighted by atomic mass is 10.0. The summed E-state index contributed by atoms with van der Waals surface area (Å²) in [5.41, 5.74) is 3.16. The van der Waals surface area contributed by atoms with Gasteiger partial charge in [-0.1, -0.05) is 71.7 Å². The molecule has 2 amide bonds. The van der Waals surface area contributed by atoms with E-state index in [1.165, 1.54) is 24.1 Å². The third-order valence-electron chi connectivity index (χ3n) is 6.42. The Morgan fingerprint density at radius 2 is 1.47 bits per heavy atom. The highest BCUT2D eigenvalue weighted by atomic mass is 79.9. The second-order valence-electron chi connectivity index (χ2n) is 9.51. The average molecular weight is 601 g/mol. The second-order valence-corrected chi connectivity index (χ2v) is 12.3. The maximum absolute atomic E-state index is 13.8. The number of hydrogen-bond acceptors (Lipinski definition) is 4. The van der Waals surface area contributed by atoms with Crippen molar-refractivity contribution < 1.29 is 18.0 Å². The van der Waals surface area contributed by atoms with Crippen molar-refractivity contribution in [2.45, 2.75) is 51.1 Å². The number of nitrogens with zero attached hydrogens (tertiary/aromatic N) is 2. The topological polar surface area (TPSA) is 86.8 Å². The molecule has 0 bridgehead atoms. The van der Waals surface area contributed by atoms with Crippen LogP contribution in [0, 0.1) is 6.92 Å². The molecule has 0 saturated heterocycles. The van der Waals surface area contributed by atoms with Gasteiger partial charge in [0, 0.05) is 18.1 Å². The Labute approximate surface area is 234 Å². The number of carbonyl (C=O) groups excluding carboxylic acids is 2. The van der Waals surface area contributed by atoms with Gasteiger partial charge in [0.05, 0.1) is 10.6 Å². The van der Waals surface area contributed by atoms with E-state index in [2.05, 4.69) is 35.1 Å². The molecule has 0 aliphatic heterocycles. The maximum atomic E-state index is 13.8. The first-order valence-electron chi connectivity index (χ1n) is 12.4. The van der Waals surface area contributed by atoms with Crippen LogP contribution in [0.2, 0.25) is 0 Å². The van der Waals surface area contributed by atoms with Crippen LogP contribution in [0.15, 0.2) is 82.2 Å². The van der Waals surface area contributed by atoms with E-state index < -0.39 is 28.5 Å². The van der Waals surface area contributed by atoms with Crippen molar-refractivity contribution in [2.24, 2.45) is 0 Å². The summed E-state index contributed by atoms with van der Waals surface area (Å²) in [6.07, 6.45) is 0. The molecule has 9 heteroatoms. The van der Waals surface area contributed by atoms with Crippen LogP contribution in [0.3, 0.4) is 0 Å². The SMILES string of the molecule is CNC(=O)[C@H](C)N(Cc1ccc(Br)cc1)C(=O)CN(c1ccc(C(C)C)cc1)S(=O)(=O)c1ccc(C)cc1. The fourth-order valence-electron chi connectivity index (χ4n) is 3.97. The molecule has 3 rings (SSSR count). The van der Waals surface area contributed by atoms with Gasteiger partial charge in [0.15, 0.2) is 0 Å². The van der Waals surface area contributed by atoms with Gasteiger partial charge in [-0.25, -0.2) is 8.42 Å². The summed E-state index contributed by atoms with van der Waals surface area (Å²) in [6.45, 7) is 7.30. The molecule has 1 N–H and O–H groups in total. The van der Waals surface area contributed by atoms with Gasteiger partial charge >= 0.3 is 0 Å². The molecule has 0 saturated carbocycles. The Morgan fingerprint density at radius 1 is 0.895 bits per heavy atom. The predicted molar refractivity (Wildman–Crippen MR) is 154 cm³/mol. The number of halogens is 1. The molecule has 38 heavy (non-hydrogen) atoms. The molecule has 3 aromatic rings. The number of hydrogen-bond donors (Lipinski definition) is 1. The van der Waals surface area contributed by atoms with Gasteiger partial charge in [0.2, 0.25) is 11.8 Å². The number of aryl methyl sites for hydroxylation is 1. The molecular formula is C29H34BrN3O4S. The lowest BCUT2D eigenvalue weighted by Crippen LogP contribution is -2.50. The van der Waals surface area contributed by atoms with Crippen molar-refractivity contribution >= 4 is 43.5 Å². The first kappa shape index (κ1) is 29.4. The summed E-state index contributed by atoms with van der Waals surface area (Å²) in [5.74, 6) is -0.569. The third-order valence-corrected chi connectivity index (χ3v) is 8.73. The predicted octanol–water partition coefficient (Wildman–Crippen LogP) is 5.24. The maximum Gasteiger partial charge on any atom is 0.264 e. The normalized spacial score (nSPS) is 12.2. The molecule has 0 radical (unpaired) electrons. The van der Waals surface area contributed by atoms with Crippen molar-refractivity contribution in [1.82, 2.24) is 10.2 Å². The average Bonchev–Trinajstić information content (AvgIpc) is 2.90. The lowest BCUT2D eigenvalue weighted by Gasteiger charge is -2.32. The largest absolute Gasteiger partial charge is 0.357 e. The van der Waals surface area contributed by atoms with E-state index in [0.29, 0.717) is 5.69 Å². The van der Waals surface area contributed by atoms with Gasteiger partial charge in [-0.05, 0) is 67.3 Å². The first-order valence-corrected chi connectivity index (χ1v) is 14.6. The number of amides is 2. The highest BCUT2D eigenvalue weighted by molar-refractivity contribution is 9.10. The van der Waals surface area contributed by atoms with Crippen LogP contribution >= 0.6 is 15.9 Å². The Hall–Kier alpha value is -3.17. The minimum atomic E-state index is -4.08. The second kappa shape index (κ2) is 12.6. The molecular weight excluding hydrogens is 566 g/mol. The van der Waals surface area contributed by atoms with E-state index in [9.17, 15) is 18.0 Å². The van der Waals surface area contributed by atoms with Crippen LogP contribution in [0.4, 0.5) is 5.69 Å². The van der Waals surface area contributed by atoms with Crippen LogP contribution in [-0.4, -0.2) is 44.8 Å².